The number of aliphatic hydroxyl groups is 1. The number of nitrogens with zero attached hydrogens (tertiary/aromatic N) is 2. The predicted octanol–water partition coefficient (Wildman–Crippen LogP) is 2.69. The van der Waals surface area contributed by atoms with Crippen molar-refractivity contribution in [2.24, 2.45) is 13.0 Å². The maximum absolute atomic E-state index is 10.3. The minimum Gasteiger partial charge on any atom is -0.390 e. The molecule has 0 aromatic carbocycles. The van der Waals surface area contributed by atoms with Gasteiger partial charge in [0.25, 0.3) is 0 Å². The van der Waals surface area contributed by atoms with Crippen molar-refractivity contribution in [3.8, 4) is 0 Å². The molecular formula is C12H21BrN2O. The lowest BCUT2D eigenvalue weighted by Crippen LogP contribution is -2.34. The predicted molar refractivity (Wildman–Crippen MR) is 69.5 cm³/mol. The molecule has 0 aliphatic heterocycles. The van der Waals surface area contributed by atoms with E-state index in [0.29, 0.717) is 6.42 Å². The summed E-state index contributed by atoms with van der Waals surface area (Å²) in [5.41, 5.74) is 1.43. The third-order valence-corrected chi connectivity index (χ3v) is 4.19. The van der Waals surface area contributed by atoms with Crippen molar-refractivity contribution < 1.29 is 5.11 Å². The van der Waals surface area contributed by atoms with Crippen LogP contribution in [0.2, 0.25) is 0 Å². The maximum atomic E-state index is 10.3. The second-order valence-corrected chi connectivity index (χ2v) is 5.67. The van der Waals surface area contributed by atoms with E-state index in [1.807, 2.05) is 32.5 Å². The van der Waals surface area contributed by atoms with Gasteiger partial charge in [-0.15, -0.1) is 0 Å². The zero-order valence-electron chi connectivity index (χ0n) is 10.7. The minimum absolute atomic E-state index is 0.222. The fraction of sp³-hybridized carbons (Fsp3) is 0.750. The van der Waals surface area contributed by atoms with Crippen molar-refractivity contribution in [1.82, 2.24) is 9.78 Å². The zero-order valence-corrected chi connectivity index (χ0v) is 12.3. The zero-order chi connectivity index (χ0) is 12.5. The molecule has 0 aliphatic carbocycles. The Balaban J connectivity index is 3.02. The molecule has 1 aromatic heterocycles. The molecule has 1 heterocycles. The molecule has 4 heteroatoms. The third kappa shape index (κ3) is 2.66. The van der Waals surface area contributed by atoms with Crippen LogP contribution in [-0.2, 0) is 19.9 Å². The van der Waals surface area contributed by atoms with Gasteiger partial charge in [0.05, 0.1) is 21.5 Å². The van der Waals surface area contributed by atoms with E-state index >= 15 is 0 Å². The molecular weight excluding hydrogens is 268 g/mol. The summed E-state index contributed by atoms with van der Waals surface area (Å²) in [6, 6.07) is 0. The van der Waals surface area contributed by atoms with Crippen LogP contribution >= 0.6 is 15.9 Å². The van der Waals surface area contributed by atoms with E-state index in [-0.39, 0.29) is 5.92 Å². The Bertz CT molecular complexity index is 369. The Morgan fingerprint density at radius 2 is 2.06 bits per heavy atom. The van der Waals surface area contributed by atoms with Crippen molar-refractivity contribution in [3.63, 3.8) is 0 Å². The van der Waals surface area contributed by atoms with Gasteiger partial charge in [-0.2, -0.15) is 5.10 Å². The lowest BCUT2D eigenvalue weighted by Gasteiger charge is -2.27. The van der Waals surface area contributed by atoms with E-state index in [2.05, 4.69) is 28.0 Å². The second-order valence-electron chi connectivity index (χ2n) is 4.87. The molecule has 0 radical (unpaired) electrons. The molecule has 1 aromatic rings. The highest BCUT2D eigenvalue weighted by Gasteiger charge is 2.28. The van der Waals surface area contributed by atoms with Crippen molar-refractivity contribution in [3.05, 3.63) is 15.9 Å². The van der Waals surface area contributed by atoms with Crippen LogP contribution in [0.4, 0.5) is 0 Å². The topological polar surface area (TPSA) is 38.0 Å². The van der Waals surface area contributed by atoms with Crippen LogP contribution in [0, 0.1) is 5.92 Å². The van der Waals surface area contributed by atoms with Crippen LogP contribution in [0.15, 0.2) is 4.47 Å². The molecule has 0 saturated heterocycles. The summed E-state index contributed by atoms with van der Waals surface area (Å²) in [4.78, 5) is 0. The molecule has 0 fully saturated rings. The molecule has 1 rings (SSSR count). The van der Waals surface area contributed by atoms with Gasteiger partial charge in [0.15, 0.2) is 0 Å². The van der Waals surface area contributed by atoms with Crippen molar-refractivity contribution in [2.45, 2.75) is 46.1 Å². The van der Waals surface area contributed by atoms with Gasteiger partial charge in [-0.25, -0.2) is 0 Å². The molecule has 1 N–H and O–H groups in total. The van der Waals surface area contributed by atoms with Crippen molar-refractivity contribution in [1.29, 1.82) is 0 Å². The van der Waals surface area contributed by atoms with Gasteiger partial charge in [0, 0.05) is 13.5 Å². The van der Waals surface area contributed by atoms with E-state index < -0.39 is 5.60 Å². The lowest BCUT2D eigenvalue weighted by atomic mass is 9.88. The molecule has 0 aliphatic rings. The SMILES string of the molecule is CCc1nn(C)c(CC(C)(O)C(C)C)c1Br. The fourth-order valence-corrected chi connectivity index (χ4v) is 2.31. The van der Waals surface area contributed by atoms with Gasteiger partial charge in [-0.05, 0) is 35.2 Å². The Kier molecular flexibility index (Phi) is 4.18. The number of halogens is 1. The molecule has 1 atom stereocenters. The largest absolute Gasteiger partial charge is 0.390 e. The van der Waals surface area contributed by atoms with Crippen molar-refractivity contribution >= 4 is 15.9 Å². The summed E-state index contributed by atoms with van der Waals surface area (Å²) in [5, 5.41) is 14.7. The fourth-order valence-electron chi connectivity index (χ4n) is 1.55. The van der Waals surface area contributed by atoms with Crippen molar-refractivity contribution in [2.75, 3.05) is 0 Å². The first-order chi connectivity index (χ1) is 7.29. The normalized spacial score (nSPS) is 15.5. The smallest absolute Gasteiger partial charge is 0.0766 e. The van der Waals surface area contributed by atoms with E-state index in [9.17, 15) is 5.11 Å². The standard InChI is InChI=1S/C12H21BrN2O/c1-6-9-11(13)10(15(5)14-9)7-12(4,16)8(2)3/h8,16H,6-7H2,1-5H3. The van der Waals surface area contributed by atoms with Gasteiger partial charge in [0.1, 0.15) is 0 Å². The van der Waals surface area contributed by atoms with Gasteiger partial charge in [-0.1, -0.05) is 20.8 Å². The van der Waals surface area contributed by atoms with E-state index in [1.165, 1.54) is 0 Å². The van der Waals surface area contributed by atoms with Crippen LogP contribution in [0.3, 0.4) is 0 Å². The Morgan fingerprint density at radius 3 is 2.44 bits per heavy atom. The molecule has 92 valence electrons. The first kappa shape index (κ1) is 13.7. The number of hydrogen-bond donors (Lipinski definition) is 1. The van der Waals surface area contributed by atoms with Gasteiger partial charge >= 0.3 is 0 Å². The van der Waals surface area contributed by atoms with E-state index in [0.717, 1.165) is 22.3 Å². The lowest BCUT2D eigenvalue weighted by molar-refractivity contribution is 0.0121. The van der Waals surface area contributed by atoms with Gasteiger partial charge in [-0.3, -0.25) is 4.68 Å². The average molecular weight is 289 g/mol. The highest BCUT2D eigenvalue weighted by atomic mass is 79.9. The Morgan fingerprint density at radius 1 is 1.50 bits per heavy atom. The number of aromatic nitrogens is 2. The molecule has 0 bridgehead atoms. The van der Waals surface area contributed by atoms with Gasteiger partial charge < -0.3 is 5.11 Å². The summed E-state index contributed by atoms with van der Waals surface area (Å²) in [6.07, 6.45) is 1.52. The van der Waals surface area contributed by atoms with Crippen LogP contribution in [0.1, 0.15) is 39.1 Å². The van der Waals surface area contributed by atoms with E-state index in [4.69, 9.17) is 0 Å². The van der Waals surface area contributed by atoms with Crippen LogP contribution in [0.5, 0.6) is 0 Å². The molecule has 16 heavy (non-hydrogen) atoms. The summed E-state index contributed by atoms with van der Waals surface area (Å²) in [6.45, 7) is 8.02. The Hall–Kier alpha value is -0.350. The summed E-state index contributed by atoms with van der Waals surface area (Å²) in [7, 11) is 1.93. The van der Waals surface area contributed by atoms with Crippen LogP contribution in [-0.4, -0.2) is 20.5 Å². The molecule has 0 saturated carbocycles. The summed E-state index contributed by atoms with van der Waals surface area (Å²) >= 11 is 3.57. The van der Waals surface area contributed by atoms with Crippen LogP contribution < -0.4 is 0 Å². The number of aryl methyl sites for hydroxylation is 2. The highest BCUT2D eigenvalue weighted by Crippen LogP contribution is 2.28. The second kappa shape index (κ2) is 4.88. The van der Waals surface area contributed by atoms with Crippen LogP contribution in [0.25, 0.3) is 0 Å². The molecule has 0 spiro atoms. The maximum Gasteiger partial charge on any atom is 0.0766 e. The summed E-state index contributed by atoms with van der Waals surface area (Å²) in [5.74, 6) is 0.222. The first-order valence-electron chi connectivity index (χ1n) is 5.72. The first-order valence-corrected chi connectivity index (χ1v) is 6.51. The third-order valence-electron chi connectivity index (χ3n) is 3.27. The minimum atomic E-state index is -0.693. The monoisotopic (exact) mass is 288 g/mol. The molecule has 0 amide bonds. The van der Waals surface area contributed by atoms with Gasteiger partial charge in [0.2, 0.25) is 0 Å². The number of rotatable bonds is 4. The summed E-state index contributed by atoms with van der Waals surface area (Å²) < 4.78 is 2.90. The molecule has 3 nitrogen and oxygen atoms in total. The average Bonchev–Trinajstić information content (AvgIpc) is 2.44. The van der Waals surface area contributed by atoms with E-state index in [1.54, 1.807) is 0 Å². The quantitative estimate of drug-likeness (QED) is 0.925. The number of hydrogen-bond acceptors (Lipinski definition) is 2. The molecule has 1 unspecified atom stereocenters. The highest BCUT2D eigenvalue weighted by molar-refractivity contribution is 9.10. The Labute approximate surface area is 106 Å².